The Morgan fingerprint density at radius 1 is 0.981 bits per heavy atom. The van der Waals surface area contributed by atoms with Crippen LogP contribution in [0.4, 0.5) is 10.2 Å². The molecule has 3 aliphatic heterocycles. The van der Waals surface area contributed by atoms with E-state index in [2.05, 4.69) is 25.7 Å². The number of piperazine rings is 1. The van der Waals surface area contributed by atoms with Crippen LogP contribution in [0.5, 0.6) is 5.75 Å². The Labute approximate surface area is 302 Å². The summed E-state index contributed by atoms with van der Waals surface area (Å²) in [4.78, 5) is 67.9. The summed E-state index contributed by atoms with van der Waals surface area (Å²) in [6.07, 6.45) is 2.94. The number of carbonyl (C=O) groups excluding carboxylic acids is 5. The molecular formula is C36H34ClFN8O6. The number of hydrogen-bond donors (Lipinski definition) is 2. The summed E-state index contributed by atoms with van der Waals surface area (Å²) in [7, 11) is 0. The van der Waals surface area contributed by atoms with Crippen molar-refractivity contribution in [2.24, 2.45) is 0 Å². The van der Waals surface area contributed by atoms with Crippen molar-refractivity contribution >= 4 is 47.0 Å². The van der Waals surface area contributed by atoms with Gasteiger partial charge in [-0.15, -0.1) is 10.2 Å². The van der Waals surface area contributed by atoms with Crippen LogP contribution < -0.4 is 20.3 Å². The van der Waals surface area contributed by atoms with E-state index in [0.29, 0.717) is 60.4 Å². The molecule has 0 spiro atoms. The number of anilines is 1. The molecule has 2 aromatic carbocycles. The van der Waals surface area contributed by atoms with Crippen LogP contribution in [0.25, 0.3) is 0 Å². The van der Waals surface area contributed by atoms with Gasteiger partial charge in [0.05, 0.1) is 27.8 Å². The molecule has 16 heteroatoms. The molecule has 2 N–H and O–H groups in total. The Hall–Kier alpha value is -5.46. The molecule has 1 unspecified atom stereocenters. The van der Waals surface area contributed by atoms with E-state index in [1.54, 1.807) is 30.3 Å². The van der Waals surface area contributed by atoms with Gasteiger partial charge in [-0.3, -0.25) is 39.1 Å². The molecule has 1 aromatic heterocycles. The molecule has 7 rings (SSSR count). The molecule has 268 valence electrons. The van der Waals surface area contributed by atoms with Crippen LogP contribution in [0.1, 0.15) is 80.9 Å². The maximum Gasteiger partial charge on any atom is 0.272 e. The third-order valence-corrected chi connectivity index (χ3v) is 10.2. The molecular weight excluding hydrogens is 695 g/mol. The second kappa shape index (κ2) is 14.6. The molecule has 52 heavy (non-hydrogen) atoms. The van der Waals surface area contributed by atoms with Gasteiger partial charge in [0.2, 0.25) is 11.8 Å². The van der Waals surface area contributed by atoms with Crippen molar-refractivity contribution in [1.29, 1.82) is 5.26 Å². The van der Waals surface area contributed by atoms with Crippen LogP contribution >= 0.6 is 11.6 Å². The van der Waals surface area contributed by atoms with E-state index in [-0.39, 0.29) is 47.7 Å². The lowest BCUT2D eigenvalue weighted by Gasteiger charge is -2.35. The zero-order valence-corrected chi connectivity index (χ0v) is 28.7. The van der Waals surface area contributed by atoms with Gasteiger partial charge in [-0.25, -0.2) is 4.39 Å². The number of carbonyl (C=O) groups is 5. The number of aromatic nitrogens is 2. The number of hydrogen-bond acceptors (Lipinski definition) is 11. The van der Waals surface area contributed by atoms with Gasteiger partial charge >= 0.3 is 0 Å². The first-order valence-corrected chi connectivity index (χ1v) is 17.5. The Morgan fingerprint density at radius 2 is 1.75 bits per heavy atom. The number of nitrogens with zero attached hydrogens (tertiary/aromatic N) is 6. The van der Waals surface area contributed by atoms with E-state index in [0.717, 1.165) is 30.6 Å². The monoisotopic (exact) mass is 728 g/mol. The van der Waals surface area contributed by atoms with Crippen molar-refractivity contribution in [2.45, 2.75) is 63.3 Å². The van der Waals surface area contributed by atoms with Crippen LogP contribution in [0, 0.1) is 17.1 Å². The van der Waals surface area contributed by atoms with Crippen LogP contribution in [0.2, 0.25) is 5.02 Å². The molecule has 3 aromatic rings. The fourth-order valence-corrected chi connectivity index (χ4v) is 7.35. The lowest BCUT2D eigenvalue weighted by molar-refractivity contribution is -0.136. The molecule has 1 atom stereocenters. The predicted octanol–water partition coefficient (Wildman–Crippen LogP) is 2.98. The lowest BCUT2D eigenvalue weighted by atomic mass is 9.93. The van der Waals surface area contributed by atoms with E-state index in [1.807, 2.05) is 11.0 Å². The molecule has 1 aliphatic carbocycles. The Morgan fingerprint density at radius 3 is 2.42 bits per heavy atom. The van der Waals surface area contributed by atoms with Crippen LogP contribution in [-0.4, -0.2) is 93.9 Å². The minimum atomic E-state index is -1.16. The zero-order chi connectivity index (χ0) is 36.5. The van der Waals surface area contributed by atoms with Gasteiger partial charge in [0.25, 0.3) is 17.7 Å². The Kier molecular flexibility index (Phi) is 9.85. The van der Waals surface area contributed by atoms with Crippen molar-refractivity contribution < 1.29 is 33.1 Å². The van der Waals surface area contributed by atoms with Crippen molar-refractivity contribution in [3.05, 3.63) is 81.3 Å². The van der Waals surface area contributed by atoms with Crippen molar-refractivity contribution in [3.8, 4) is 11.8 Å². The average Bonchev–Trinajstić information content (AvgIpc) is 3.38. The lowest BCUT2D eigenvalue weighted by Crippen LogP contribution is -2.54. The Bertz CT molecular complexity index is 1990. The smallest absolute Gasteiger partial charge is 0.272 e. The predicted molar refractivity (Wildman–Crippen MR) is 183 cm³/mol. The van der Waals surface area contributed by atoms with Gasteiger partial charge in [-0.1, -0.05) is 11.6 Å². The summed E-state index contributed by atoms with van der Waals surface area (Å²) >= 11 is 6.12. The maximum atomic E-state index is 15.2. The van der Waals surface area contributed by atoms with Crippen LogP contribution in [0.3, 0.4) is 0 Å². The van der Waals surface area contributed by atoms with Gasteiger partial charge in [-0.2, -0.15) is 5.26 Å². The number of ether oxygens (including phenoxy) is 1. The minimum Gasteiger partial charge on any atom is -0.490 e. The first-order valence-electron chi connectivity index (χ1n) is 17.1. The summed E-state index contributed by atoms with van der Waals surface area (Å²) in [6.45, 7) is 2.72. The number of fused-ring (bicyclic) bond motifs is 1. The largest absolute Gasteiger partial charge is 0.490 e. The number of imide groups is 2. The standard InChI is InChI=1S/C36H34ClFN8O6/c37-26-17-24(4-1-21(26)18-39)52-23-5-2-22(3-6-23)40-33(48)28-7-9-30(43-42-28)45-13-11-44(12-14-45)19-20-15-25-32(27(38)16-20)36(51)46(35(25)50)29-8-10-31(47)41-34(29)49/h1,4,7,9,15-17,22-23,29H,2-3,5-6,8,10-14,19H2,(H,40,48)(H,41,47,49). The highest BCUT2D eigenvalue weighted by Crippen LogP contribution is 2.31. The van der Waals surface area contributed by atoms with Crippen LogP contribution in [-0.2, 0) is 16.1 Å². The summed E-state index contributed by atoms with van der Waals surface area (Å²) in [5, 5.41) is 23.1. The minimum absolute atomic E-state index is 0.00717. The van der Waals surface area contributed by atoms with E-state index in [4.69, 9.17) is 21.6 Å². The van der Waals surface area contributed by atoms with E-state index >= 15 is 4.39 Å². The van der Waals surface area contributed by atoms with Crippen molar-refractivity contribution in [3.63, 3.8) is 0 Å². The second-order valence-electron chi connectivity index (χ2n) is 13.3. The maximum absolute atomic E-state index is 15.2. The molecule has 0 radical (unpaired) electrons. The number of piperidine rings is 1. The van der Waals surface area contributed by atoms with Gasteiger partial charge in [-0.05, 0) is 74.1 Å². The zero-order valence-electron chi connectivity index (χ0n) is 27.9. The Balaban J connectivity index is 0.881. The summed E-state index contributed by atoms with van der Waals surface area (Å²) in [6, 6.07) is 12.0. The topological polar surface area (TPSA) is 178 Å². The quantitative estimate of drug-likeness (QED) is 0.326. The molecule has 4 heterocycles. The third kappa shape index (κ3) is 7.17. The van der Waals surface area contributed by atoms with Gasteiger partial charge in [0.15, 0.2) is 11.5 Å². The number of halogens is 2. The van der Waals surface area contributed by atoms with Crippen molar-refractivity contribution in [1.82, 2.24) is 30.6 Å². The van der Waals surface area contributed by atoms with Gasteiger partial charge in [0, 0.05) is 51.3 Å². The average molecular weight is 729 g/mol. The van der Waals surface area contributed by atoms with Crippen LogP contribution in [0.15, 0.2) is 42.5 Å². The highest BCUT2D eigenvalue weighted by Gasteiger charge is 2.46. The van der Waals surface area contributed by atoms with Gasteiger partial charge < -0.3 is 15.0 Å². The SMILES string of the molecule is N#Cc1ccc(OC2CCC(NC(=O)c3ccc(N4CCN(Cc5cc(F)c6c(c5)C(=O)N(C5CCC(=O)NC5=O)C6=O)CC4)nn3)CC2)cc1Cl. The highest BCUT2D eigenvalue weighted by atomic mass is 35.5. The molecule has 1 saturated carbocycles. The number of nitrogens with one attached hydrogen (secondary N) is 2. The van der Waals surface area contributed by atoms with E-state index in [9.17, 15) is 24.0 Å². The van der Waals surface area contributed by atoms with E-state index in [1.165, 1.54) is 12.1 Å². The molecule has 14 nitrogen and oxygen atoms in total. The number of benzene rings is 2. The number of rotatable bonds is 8. The highest BCUT2D eigenvalue weighted by molar-refractivity contribution is 6.31. The number of nitriles is 1. The summed E-state index contributed by atoms with van der Waals surface area (Å²) in [5.41, 5.74) is 0.683. The second-order valence-corrected chi connectivity index (χ2v) is 13.7. The van der Waals surface area contributed by atoms with Gasteiger partial charge in [0.1, 0.15) is 23.7 Å². The third-order valence-electron chi connectivity index (χ3n) is 9.91. The first kappa shape index (κ1) is 35.0. The fraction of sp³-hybridized carbons (Fsp3) is 0.389. The van der Waals surface area contributed by atoms with E-state index < -0.39 is 35.5 Å². The fourth-order valence-electron chi connectivity index (χ4n) is 7.14. The molecule has 4 aliphatic rings. The summed E-state index contributed by atoms with van der Waals surface area (Å²) in [5.74, 6) is -2.75. The molecule has 2 saturated heterocycles. The van der Waals surface area contributed by atoms with Crippen molar-refractivity contribution in [2.75, 3.05) is 31.1 Å². The normalized spacial score (nSPS) is 22.1. The molecule has 5 amide bonds. The molecule has 3 fully saturated rings. The molecule has 0 bridgehead atoms. The summed E-state index contributed by atoms with van der Waals surface area (Å²) < 4.78 is 21.3. The number of amides is 5. The first-order chi connectivity index (χ1) is 25.1.